The van der Waals surface area contributed by atoms with Crippen LogP contribution >= 0.6 is 0 Å². The lowest BCUT2D eigenvalue weighted by molar-refractivity contribution is -0.134. The maximum Gasteiger partial charge on any atom is 0.241 e. The molecule has 0 aliphatic carbocycles. The van der Waals surface area contributed by atoms with Crippen LogP contribution in [0, 0.1) is 5.41 Å². The van der Waals surface area contributed by atoms with Crippen LogP contribution in [0.3, 0.4) is 0 Å². The van der Waals surface area contributed by atoms with Gasteiger partial charge in [-0.2, -0.15) is 0 Å². The van der Waals surface area contributed by atoms with E-state index in [4.69, 9.17) is 0 Å². The fourth-order valence-corrected chi connectivity index (χ4v) is 2.26. The van der Waals surface area contributed by atoms with E-state index in [9.17, 15) is 9.59 Å². The average Bonchev–Trinajstić information content (AvgIpc) is 2.59. The molecule has 2 heterocycles. The minimum absolute atomic E-state index is 0.0363. The van der Waals surface area contributed by atoms with E-state index in [1.807, 2.05) is 4.90 Å². The summed E-state index contributed by atoms with van der Waals surface area (Å²) >= 11 is 0. The third-order valence-electron chi connectivity index (χ3n) is 3.30. The molecular weight excluding hydrogens is 206 g/mol. The number of carbonyl (C=O) groups excluding carboxylic acids is 2. The zero-order valence-electron chi connectivity index (χ0n) is 9.88. The fourth-order valence-electron chi connectivity index (χ4n) is 2.26. The molecule has 2 aliphatic heterocycles. The van der Waals surface area contributed by atoms with Gasteiger partial charge >= 0.3 is 0 Å². The Morgan fingerprint density at radius 1 is 1.50 bits per heavy atom. The second-order valence-corrected chi connectivity index (χ2v) is 5.41. The van der Waals surface area contributed by atoms with Crippen LogP contribution in [-0.2, 0) is 9.59 Å². The van der Waals surface area contributed by atoms with Crippen molar-refractivity contribution in [3.05, 3.63) is 0 Å². The van der Waals surface area contributed by atoms with Gasteiger partial charge in [-0.05, 0) is 11.8 Å². The Balaban J connectivity index is 1.91. The molecule has 0 radical (unpaired) electrons. The van der Waals surface area contributed by atoms with E-state index in [2.05, 4.69) is 24.5 Å². The zero-order valence-corrected chi connectivity index (χ0v) is 9.88. The van der Waals surface area contributed by atoms with Crippen molar-refractivity contribution >= 4 is 11.8 Å². The summed E-state index contributed by atoms with van der Waals surface area (Å²) in [5.41, 5.74) is 0.230. The molecule has 2 saturated heterocycles. The van der Waals surface area contributed by atoms with Crippen molar-refractivity contribution in [1.29, 1.82) is 0 Å². The summed E-state index contributed by atoms with van der Waals surface area (Å²) in [5.74, 6) is 0.0800. The van der Waals surface area contributed by atoms with Crippen molar-refractivity contribution in [1.82, 2.24) is 15.5 Å². The van der Waals surface area contributed by atoms with Crippen molar-refractivity contribution in [2.45, 2.75) is 26.3 Å². The predicted octanol–water partition coefficient (Wildman–Crippen LogP) is -0.667. The Labute approximate surface area is 95.6 Å². The molecule has 2 N–H and O–H groups in total. The summed E-state index contributed by atoms with van der Waals surface area (Å²) in [4.78, 5) is 25.0. The minimum Gasteiger partial charge on any atom is -0.353 e. The SMILES string of the molecule is CC1(C)CCN(C(=O)C2CNC(=O)CN2)C1. The van der Waals surface area contributed by atoms with Crippen LogP contribution in [0.1, 0.15) is 20.3 Å². The minimum atomic E-state index is -0.244. The highest BCUT2D eigenvalue weighted by Gasteiger charge is 2.35. The Kier molecular flexibility index (Phi) is 2.88. The van der Waals surface area contributed by atoms with Crippen LogP contribution in [0.2, 0.25) is 0 Å². The molecule has 2 fully saturated rings. The van der Waals surface area contributed by atoms with Gasteiger partial charge in [-0.3, -0.25) is 14.9 Å². The Morgan fingerprint density at radius 3 is 2.75 bits per heavy atom. The van der Waals surface area contributed by atoms with Gasteiger partial charge in [-0.15, -0.1) is 0 Å². The number of amides is 2. The van der Waals surface area contributed by atoms with Gasteiger partial charge < -0.3 is 10.2 Å². The van der Waals surface area contributed by atoms with Crippen LogP contribution in [0.4, 0.5) is 0 Å². The highest BCUT2D eigenvalue weighted by Crippen LogP contribution is 2.29. The Morgan fingerprint density at radius 2 is 2.25 bits per heavy atom. The molecule has 5 nitrogen and oxygen atoms in total. The third kappa shape index (κ3) is 2.35. The summed E-state index contributed by atoms with van der Waals surface area (Å²) in [7, 11) is 0. The van der Waals surface area contributed by atoms with Crippen molar-refractivity contribution in [2.24, 2.45) is 5.41 Å². The summed E-state index contributed by atoms with van der Waals surface area (Å²) in [6, 6.07) is -0.244. The molecule has 90 valence electrons. The summed E-state index contributed by atoms with van der Waals surface area (Å²) in [5, 5.41) is 5.68. The molecule has 16 heavy (non-hydrogen) atoms. The van der Waals surface area contributed by atoms with E-state index in [1.165, 1.54) is 0 Å². The predicted molar refractivity (Wildman–Crippen MR) is 59.8 cm³/mol. The zero-order chi connectivity index (χ0) is 11.8. The van der Waals surface area contributed by atoms with Crippen molar-refractivity contribution in [3.63, 3.8) is 0 Å². The van der Waals surface area contributed by atoms with Gasteiger partial charge in [0.05, 0.1) is 6.54 Å². The van der Waals surface area contributed by atoms with Gasteiger partial charge in [0.1, 0.15) is 6.04 Å². The number of likely N-dealkylation sites (tertiary alicyclic amines) is 1. The Hall–Kier alpha value is -1.10. The lowest BCUT2D eigenvalue weighted by Crippen LogP contribution is -2.58. The van der Waals surface area contributed by atoms with Gasteiger partial charge in [0.25, 0.3) is 0 Å². The number of nitrogens with one attached hydrogen (secondary N) is 2. The van der Waals surface area contributed by atoms with Crippen LogP contribution in [0.15, 0.2) is 0 Å². The molecule has 2 amide bonds. The fraction of sp³-hybridized carbons (Fsp3) is 0.818. The maximum atomic E-state index is 12.1. The van der Waals surface area contributed by atoms with Gasteiger partial charge in [-0.25, -0.2) is 0 Å². The molecule has 2 rings (SSSR count). The second-order valence-electron chi connectivity index (χ2n) is 5.41. The summed E-state index contributed by atoms with van der Waals surface area (Å²) in [6.45, 7) is 6.66. The molecule has 5 heteroatoms. The first-order valence-electron chi connectivity index (χ1n) is 5.77. The van der Waals surface area contributed by atoms with E-state index < -0.39 is 0 Å². The van der Waals surface area contributed by atoms with Crippen LogP contribution < -0.4 is 10.6 Å². The quantitative estimate of drug-likeness (QED) is 0.622. The first kappa shape index (κ1) is 11.4. The van der Waals surface area contributed by atoms with E-state index in [-0.39, 0.29) is 29.8 Å². The van der Waals surface area contributed by atoms with Crippen molar-refractivity contribution in [2.75, 3.05) is 26.2 Å². The van der Waals surface area contributed by atoms with E-state index in [1.54, 1.807) is 0 Å². The standard InChI is InChI=1S/C11H19N3O2/c1-11(2)3-4-14(7-11)10(16)8-5-13-9(15)6-12-8/h8,12H,3-7H2,1-2H3,(H,13,15). The largest absolute Gasteiger partial charge is 0.353 e. The lowest BCUT2D eigenvalue weighted by Gasteiger charge is -2.28. The maximum absolute atomic E-state index is 12.1. The number of hydrogen-bond acceptors (Lipinski definition) is 3. The Bertz CT molecular complexity index is 304. The molecule has 0 spiro atoms. The second kappa shape index (κ2) is 4.05. The smallest absolute Gasteiger partial charge is 0.241 e. The molecule has 1 atom stereocenters. The van der Waals surface area contributed by atoms with Gasteiger partial charge in [-0.1, -0.05) is 13.8 Å². The normalized spacial score (nSPS) is 29.0. The van der Waals surface area contributed by atoms with Crippen molar-refractivity contribution in [3.8, 4) is 0 Å². The molecule has 0 bridgehead atoms. The number of rotatable bonds is 1. The molecule has 0 saturated carbocycles. The summed E-state index contributed by atoms with van der Waals surface area (Å²) in [6.07, 6.45) is 1.05. The third-order valence-corrected chi connectivity index (χ3v) is 3.30. The van der Waals surface area contributed by atoms with Gasteiger partial charge in [0.15, 0.2) is 0 Å². The molecule has 0 aromatic carbocycles. The monoisotopic (exact) mass is 225 g/mol. The number of hydrogen-bond donors (Lipinski definition) is 2. The molecule has 0 aromatic heterocycles. The van der Waals surface area contributed by atoms with Crippen LogP contribution in [0.25, 0.3) is 0 Å². The van der Waals surface area contributed by atoms with Gasteiger partial charge in [0.2, 0.25) is 11.8 Å². The highest BCUT2D eigenvalue weighted by atomic mass is 16.2. The van der Waals surface area contributed by atoms with E-state index >= 15 is 0 Å². The van der Waals surface area contributed by atoms with Crippen LogP contribution in [-0.4, -0.2) is 48.9 Å². The number of piperazine rings is 1. The van der Waals surface area contributed by atoms with E-state index in [0.29, 0.717) is 6.54 Å². The average molecular weight is 225 g/mol. The highest BCUT2D eigenvalue weighted by molar-refractivity contribution is 5.87. The number of nitrogens with zero attached hydrogens (tertiary/aromatic N) is 1. The topological polar surface area (TPSA) is 61.4 Å². The van der Waals surface area contributed by atoms with Crippen molar-refractivity contribution < 1.29 is 9.59 Å². The summed E-state index contributed by atoms with van der Waals surface area (Å²) < 4.78 is 0. The van der Waals surface area contributed by atoms with E-state index in [0.717, 1.165) is 19.5 Å². The number of carbonyl (C=O) groups is 2. The van der Waals surface area contributed by atoms with Crippen LogP contribution in [0.5, 0.6) is 0 Å². The first-order chi connectivity index (χ1) is 7.48. The molecule has 1 unspecified atom stereocenters. The molecule has 2 aliphatic rings. The molecule has 0 aromatic rings. The van der Waals surface area contributed by atoms with Gasteiger partial charge in [0, 0.05) is 19.6 Å². The molecular formula is C11H19N3O2. The lowest BCUT2D eigenvalue weighted by atomic mass is 9.93. The first-order valence-corrected chi connectivity index (χ1v) is 5.77.